The highest BCUT2D eigenvalue weighted by atomic mass is 32.2. The molecule has 0 spiro atoms. The van der Waals surface area contributed by atoms with Crippen LogP contribution in [0.1, 0.15) is 23.6 Å². The number of hydrogen-bond donors (Lipinski definition) is 1. The third-order valence-electron chi connectivity index (χ3n) is 3.59. The Balaban J connectivity index is 1.72. The SMILES string of the molecule is NC(CSc1cccc(F)c1)c1cccc2c1OCCC2. The molecule has 4 heteroatoms. The number of nitrogens with two attached hydrogens (primary N) is 1. The van der Waals surface area contributed by atoms with Crippen LogP contribution in [0, 0.1) is 5.82 Å². The van der Waals surface area contributed by atoms with Gasteiger partial charge in [-0.25, -0.2) is 4.39 Å². The Kier molecular flexibility index (Phi) is 4.46. The molecule has 0 saturated heterocycles. The minimum Gasteiger partial charge on any atom is -0.493 e. The van der Waals surface area contributed by atoms with Crippen LogP contribution in [0.25, 0.3) is 0 Å². The molecular weight excluding hydrogens is 285 g/mol. The van der Waals surface area contributed by atoms with Gasteiger partial charge in [-0.05, 0) is 36.6 Å². The molecule has 110 valence electrons. The first kappa shape index (κ1) is 14.4. The Bertz CT molecular complexity index is 632. The van der Waals surface area contributed by atoms with E-state index >= 15 is 0 Å². The summed E-state index contributed by atoms with van der Waals surface area (Å²) in [6.45, 7) is 0.758. The van der Waals surface area contributed by atoms with Crippen molar-refractivity contribution >= 4 is 11.8 Å². The Morgan fingerprint density at radius 1 is 1.24 bits per heavy atom. The van der Waals surface area contributed by atoms with Crippen molar-refractivity contribution in [1.82, 2.24) is 0 Å². The van der Waals surface area contributed by atoms with Crippen LogP contribution in [0.4, 0.5) is 4.39 Å². The number of benzene rings is 2. The number of hydrogen-bond acceptors (Lipinski definition) is 3. The molecule has 2 nitrogen and oxygen atoms in total. The lowest BCUT2D eigenvalue weighted by atomic mass is 9.99. The standard InChI is InChI=1S/C17H18FNOS/c18-13-6-2-7-14(10-13)21-11-16(19)15-8-1-4-12-5-3-9-20-17(12)15/h1-2,4,6-8,10,16H,3,5,9,11,19H2. The lowest BCUT2D eigenvalue weighted by Crippen LogP contribution is -2.18. The smallest absolute Gasteiger partial charge is 0.127 e. The largest absolute Gasteiger partial charge is 0.493 e. The zero-order valence-corrected chi connectivity index (χ0v) is 12.5. The molecule has 2 N–H and O–H groups in total. The molecule has 0 aliphatic carbocycles. The van der Waals surface area contributed by atoms with E-state index in [1.807, 2.05) is 18.2 Å². The number of thioether (sulfide) groups is 1. The Hall–Kier alpha value is -1.52. The van der Waals surface area contributed by atoms with E-state index < -0.39 is 0 Å². The van der Waals surface area contributed by atoms with Crippen molar-refractivity contribution < 1.29 is 9.13 Å². The Morgan fingerprint density at radius 2 is 2.10 bits per heavy atom. The van der Waals surface area contributed by atoms with E-state index in [2.05, 4.69) is 6.07 Å². The maximum absolute atomic E-state index is 13.2. The van der Waals surface area contributed by atoms with Crippen molar-refractivity contribution in [1.29, 1.82) is 0 Å². The molecule has 1 heterocycles. The van der Waals surface area contributed by atoms with Gasteiger partial charge in [0, 0.05) is 22.3 Å². The van der Waals surface area contributed by atoms with Gasteiger partial charge in [0.1, 0.15) is 11.6 Å². The van der Waals surface area contributed by atoms with Crippen LogP contribution >= 0.6 is 11.8 Å². The third-order valence-corrected chi connectivity index (χ3v) is 4.70. The number of ether oxygens (including phenoxy) is 1. The average Bonchev–Trinajstić information content (AvgIpc) is 2.52. The van der Waals surface area contributed by atoms with Gasteiger partial charge >= 0.3 is 0 Å². The highest BCUT2D eigenvalue weighted by Gasteiger charge is 2.18. The highest BCUT2D eigenvalue weighted by molar-refractivity contribution is 7.99. The van der Waals surface area contributed by atoms with Gasteiger partial charge in [-0.15, -0.1) is 11.8 Å². The first-order valence-electron chi connectivity index (χ1n) is 7.12. The van der Waals surface area contributed by atoms with E-state index in [-0.39, 0.29) is 11.9 Å². The number of para-hydroxylation sites is 1. The van der Waals surface area contributed by atoms with Gasteiger partial charge in [0.25, 0.3) is 0 Å². The molecule has 1 atom stereocenters. The molecule has 0 amide bonds. The van der Waals surface area contributed by atoms with Crippen molar-refractivity contribution in [2.24, 2.45) is 5.73 Å². The molecule has 1 aliphatic rings. The van der Waals surface area contributed by atoms with Gasteiger partial charge in [-0.1, -0.05) is 24.3 Å². The molecule has 3 rings (SSSR count). The number of rotatable bonds is 4. The lowest BCUT2D eigenvalue weighted by Gasteiger charge is -2.23. The molecule has 0 radical (unpaired) electrons. The van der Waals surface area contributed by atoms with E-state index in [1.54, 1.807) is 17.8 Å². The van der Waals surface area contributed by atoms with Crippen molar-refractivity contribution in [3.05, 3.63) is 59.4 Å². The quantitative estimate of drug-likeness (QED) is 0.869. The van der Waals surface area contributed by atoms with Gasteiger partial charge in [0.15, 0.2) is 0 Å². The summed E-state index contributed by atoms with van der Waals surface area (Å²) >= 11 is 1.57. The summed E-state index contributed by atoms with van der Waals surface area (Å²) in [6, 6.07) is 12.7. The van der Waals surface area contributed by atoms with Crippen LogP contribution in [0.3, 0.4) is 0 Å². The molecule has 1 unspecified atom stereocenters. The predicted molar refractivity (Wildman–Crippen MR) is 84.3 cm³/mol. The zero-order chi connectivity index (χ0) is 14.7. The molecule has 0 aromatic heterocycles. The van der Waals surface area contributed by atoms with Gasteiger partial charge < -0.3 is 10.5 Å². The van der Waals surface area contributed by atoms with Gasteiger partial charge in [0.2, 0.25) is 0 Å². The maximum atomic E-state index is 13.2. The second-order valence-corrected chi connectivity index (χ2v) is 6.26. The number of aryl methyl sites for hydroxylation is 1. The molecule has 1 aliphatic heterocycles. The summed E-state index contributed by atoms with van der Waals surface area (Å²) in [5.41, 5.74) is 8.60. The van der Waals surface area contributed by atoms with E-state index in [0.717, 1.165) is 35.7 Å². The Morgan fingerprint density at radius 3 is 2.95 bits per heavy atom. The highest BCUT2D eigenvalue weighted by Crippen LogP contribution is 2.34. The summed E-state index contributed by atoms with van der Waals surface area (Å²) in [7, 11) is 0. The summed E-state index contributed by atoms with van der Waals surface area (Å²) < 4.78 is 19.0. The molecule has 2 aromatic carbocycles. The maximum Gasteiger partial charge on any atom is 0.127 e. The molecule has 0 saturated carbocycles. The predicted octanol–water partition coefficient (Wildman–Crippen LogP) is 3.94. The minimum atomic E-state index is -0.214. The molecular formula is C17H18FNOS. The first-order valence-corrected chi connectivity index (χ1v) is 8.11. The fraction of sp³-hybridized carbons (Fsp3) is 0.294. The topological polar surface area (TPSA) is 35.2 Å². The zero-order valence-electron chi connectivity index (χ0n) is 11.7. The van der Waals surface area contributed by atoms with Gasteiger partial charge in [-0.3, -0.25) is 0 Å². The van der Waals surface area contributed by atoms with E-state index in [0.29, 0.717) is 5.75 Å². The number of halogens is 1. The van der Waals surface area contributed by atoms with Crippen molar-refractivity contribution in [3.63, 3.8) is 0 Å². The molecule has 0 fully saturated rings. The van der Waals surface area contributed by atoms with Crippen LogP contribution in [0.2, 0.25) is 0 Å². The van der Waals surface area contributed by atoms with Crippen LogP contribution in [0.15, 0.2) is 47.4 Å². The van der Waals surface area contributed by atoms with Crippen LogP contribution in [-0.2, 0) is 6.42 Å². The molecule has 2 aromatic rings. The summed E-state index contributed by atoms with van der Waals surface area (Å²) in [4.78, 5) is 0.899. The number of fused-ring (bicyclic) bond motifs is 1. The Labute approximate surface area is 128 Å². The van der Waals surface area contributed by atoms with Crippen molar-refractivity contribution in [2.45, 2.75) is 23.8 Å². The van der Waals surface area contributed by atoms with Crippen LogP contribution < -0.4 is 10.5 Å². The normalized spacial score (nSPS) is 15.1. The third kappa shape index (κ3) is 3.39. The van der Waals surface area contributed by atoms with Crippen molar-refractivity contribution in [3.8, 4) is 5.75 Å². The fourth-order valence-electron chi connectivity index (χ4n) is 2.54. The molecule has 0 bridgehead atoms. The first-order chi connectivity index (χ1) is 10.2. The second-order valence-electron chi connectivity index (χ2n) is 5.16. The monoisotopic (exact) mass is 303 g/mol. The summed E-state index contributed by atoms with van der Waals surface area (Å²) in [6.07, 6.45) is 2.11. The molecule has 21 heavy (non-hydrogen) atoms. The van der Waals surface area contributed by atoms with Gasteiger partial charge in [-0.2, -0.15) is 0 Å². The van der Waals surface area contributed by atoms with E-state index in [4.69, 9.17) is 10.5 Å². The van der Waals surface area contributed by atoms with Crippen LogP contribution in [0.5, 0.6) is 5.75 Å². The van der Waals surface area contributed by atoms with Crippen molar-refractivity contribution in [2.75, 3.05) is 12.4 Å². The second kappa shape index (κ2) is 6.50. The van der Waals surface area contributed by atoms with Gasteiger partial charge in [0.05, 0.1) is 6.61 Å². The van der Waals surface area contributed by atoms with E-state index in [9.17, 15) is 4.39 Å². The fourth-order valence-corrected chi connectivity index (χ4v) is 3.46. The van der Waals surface area contributed by atoms with Crippen LogP contribution in [-0.4, -0.2) is 12.4 Å². The summed E-state index contributed by atoms with van der Waals surface area (Å²) in [5.74, 6) is 1.44. The van der Waals surface area contributed by atoms with E-state index in [1.165, 1.54) is 17.7 Å². The lowest BCUT2D eigenvalue weighted by molar-refractivity contribution is 0.284. The average molecular weight is 303 g/mol. The summed E-state index contributed by atoms with van der Waals surface area (Å²) in [5, 5.41) is 0. The minimum absolute atomic E-state index is 0.119.